The minimum Gasteiger partial charge on any atom is -0.493 e. The molecule has 0 spiro atoms. The SMILES string of the molecule is CCn1cc(C(C)(N)Cc2ccc(OC)c(OC)c2)cn1. The molecule has 5 nitrogen and oxygen atoms in total. The number of nitrogens with two attached hydrogens (primary N) is 1. The predicted octanol–water partition coefficient (Wildman–Crippen LogP) is 2.34. The van der Waals surface area contributed by atoms with E-state index in [4.69, 9.17) is 15.2 Å². The first-order chi connectivity index (χ1) is 10.00. The van der Waals surface area contributed by atoms with Crippen molar-refractivity contribution >= 4 is 0 Å². The van der Waals surface area contributed by atoms with Crippen molar-refractivity contribution < 1.29 is 9.47 Å². The van der Waals surface area contributed by atoms with E-state index < -0.39 is 5.54 Å². The van der Waals surface area contributed by atoms with Crippen LogP contribution in [0.25, 0.3) is 0 Å². The lowest BCUT2D eigenvalue weighted by Crippen LogP contribution is -2.35. The van der Waals surface area contributed by atoms with Gasteiger partial charge in [-0.15, -0.1) is 0 Å². The summed E-state index contributed by atoms with van der Waals surface area (Å²) in [6, 6.07) is 5.88. The number of aromatic nitrogens is 2. The second kappa shape index (κ2) is 6.18. The number of rotatable bonds is 6. The van der Waals surface area contributed by atoms with Crippen LogP contribution in [-0.2, 0) is 18.5 Å². The molecule has 0 saturated heterocycles. The maximum Gasteiger partial charge on any atom is 0.160 e. The minimum absolute atomic E-state index is 0.479. The van der Waals surface area contributed by atoms with Crippen molar-refractivity contribution in [2.45, 2.75) is 32.4 Å². The summed E-state index contributed by atoms with van der Waals surface area (Å²) in [5.74, 6) is 1.44. The average Bonchev–Trinajstić information content (AvgIpc) is 2.96. The number of nitrogens with zero attached hydrogens (tertiary/aromatic N) is 2. The van der Waals surface area contributed by atoms with Gasteiger partial charge >= 0.3 is 0 Å². The van der Waals surface area contributed by atoms with Gasteiger partial charge in [0.05, 0.1) is 20.4 Å². The molecule has 1 aromatic carbocycles. The van der Waals surface area contributed by atoms with E-state index in [9.17, 15) is 0 Å². The molecule has 0 amide bonds. The Morgan fingerprint density at radius 3 is 2.52 bits per heavy atom. The van der Waals surface area contributed by atoms with E-state index in [0.29, 0.717) is 6.42 Å². The van der Waals surface area contributed by atoms with Crippen LogP contribution in [0.1, 0.15) is 25.0 Å². The Morgan fingerprint density at radius 2 is 1.95 bits per heavy atom. The molecule has 0 fully saturated rings. The zero-order valence-corrected chi connectivity index (χ0v) is 13.1. The third-order valence-electron chi connectivity index (χ3n) is 3.64. The Hall–Kier alpha value is -2.01. The number of ether oxygens (including phenoxy) is 2. The van der Waals surface area contributed by atoms with E-state index in [1.165, 1.54) is 0 Å². The normalized spacial score (nSPS) is 13.8. The molecular weight excluding hydrogens is 266 g/mol. The Kier molecular flexibility index (Phi) is 4.53. The average molecular weight is 289 g/mol. The van der Waals surface area contributed by atoms with Gasteiger partial charge in [0.2, 0.25) is 0 Å². The van der Waals surface area contributed by atoms with Crippen molar-refractivity contribution in [1.82, 2.24) is 9.78 Å². The molecule has 0 radical (unpaired) electrons. The van der Waals surface area contributed by atoms with E-state index in [1.54, 1.807) is 14.2 Å². The van der Waals surface area contributed by atoms with Gasteiger partial charge < -0.3 is 15.2 Å². The van der Waals surface area contributed by atoms with Gasteiger partial charge in [-0.05, 0) is 38.0 Å². The molecule has 1 heterocycles. The summed E-state index contributed by atoms with van der Waals surface area (Å²) in [7, 11) is 3.26. The molecule has 1 atom stereocenters. The molecule has 0 aliphatic carbocycles. The van der Waals surface area contributed by atoms with E-state index in [1.807, 2.05) is 42.2 Å². The maximum atomic E-state index is 6.47. The minimum atomic E-state index is -0.479. The van der Waals surface area contributed by atoms with Crippen LogP contribution < -0.4 is 15.2 Å². The lowest BCUT2D eigenvalue weighted by molar-refractivity contribution is 0.354. The molecular formula is C16H23N3O2. The summed E-state index contributed by atoms with van der Waals surface area (Å²) in [5, 5.41) is 4.30. The van der Waals surface area contributed by atoms with Crippen molar-refractivity contribution in [2.24, 2.45) is 5.73 Å². The Bertz CT molecular complexity index is 605. The predicted molar refractivity (Wildman–Crippen MR) is 82.7 cm³/mol. The van der Waals surface area contributed by atoms with Crippen LogP contribution in [0.5, 0.6) is 11.5 Å². The molecule has 114 valence electrons. The molecule has 1 unspecified atom stereocenters. The topological polar surface area (TPSA) is 62.3 Å². The summed E-state index contributed by atoms with van der Waals surface area (Å²) in [6.07, 6.45) is 4.54. The number of aryl methyl sites for hydroxylation is 1. The second-order valence-corrected chi connectivity index (χ2v) is 5.37. The first-order valence-electron chi connectivity index (χ1n) is 7.03. The van der Waals surface area contributed by atoms with Crippen LogP contribution in [-0.4, -0.2) is 24.0 Å². The highest BCUT2D eigenvalue weighted by Gasteiger charge is 2.24. The van der Waals surface area contributed by atoms with E-state index in [-0.39, 0.29) is 0 Å². The molecule has 2 rings (SSSR count). The van der Waals surface area contributed by atoms with Gasteiger partial charge in [-0.1, -0.05) is 6.07 Å². The largest absolute Gasteiger partial charge is 0.493 e. The quantitative estimate of drug-likeness (QED) is 0.886. The third-order valence-corrected chi connectivity index (χ3v) is 3.64. The zero-order valence-electron chi connectivity index (χ0n) is 13.1. The number of benzene rings is 1. The van der Waals surface area contributed by atoms with Crippen LogP contribution in [0.4, 0.5) is 0 Å². The lowest BCUT2D eigenvalue weighted by Gasteiger charge is -2.24. The van der Waals surface area contributed by atoms with Gasteiger partial charge in [-0.3, -0.25) is 4.68 Å². The Morgan fingerprint density at radius 1 is 1.24 bits per heavy atom. The molecule has 0 bridgehead atoms. The zero-order chi connectivity index (χ0) is 15.5. The monoisotopic (exact) mass is 289 g/mol. The van der Waals surface area contributed by atoms with Crippen molar-refractivity contribution in [3.63, 3.8) is 0 Å². The van der Waals surface area contributed by atoms with Crippen LogP contribution in [0.3, 0.4) is 0 Å². The first-order valence-corrected chi connectivity index (χ1v) is 7.03. The van der Waals surface area contributed by atoms with Crippen molar-refractivity contribution in [3.8, 4) is 11.5 Å². The standard InChI is InChI=1S/C16H23N3O2/c1-5-19-11-13(10-18-19)16(2,17)9-12-6-7-14(20-3)15(8-12)21-4/h6-8,10-11H,5,9,17H2,1-4H3. The maximum absolute atomic E-state index is 6.47. The summed E-state index contributed by atoms with van der Waals surface area (Å²) in [4.78, 5) is 0. The summed E-state index contributed by atoms with van der Waals surface area (Å²) >= 11 is 0. The highest BCUT2D eigenvalue weighted by atomic mass is 16.5. The smallest absolute Gasteiger partial charge is 0.160 e. The van der Waals surface area contributed by atoms with Crippen molar-refractivity contribution in [2.75, 3.05) is 14.2 Å². The molecule has 2 N–H and O–H groups in total. The molecule has 0 aliphatic heterocycles. The number of hydrogen-bond donors (Lipinski definition) is 1. The van der Waals surface area contributed by atoms with Gasteiger partial charge in [0.15, 0.2) is 11.5 Å². The summed E-state index contributed by atoms with van der Waals surface area (Å²) < 4.78 is 12.5. The molecule has 0 aliphatic rings. The Labute approximate surface area is 125 Å². The fourth-order valence-corrected chi connectivity index (χ4v) is 2.35. The summed E-state index contributed by atoms with van der Waals surface area (Å²) in [6.45, 7) is 4.91. The van der Waals surface area contributed by atoms with Crippen LogP contribution in [0.15, 0.2) is 30.6 Å². The van der Waals surface area contributed by atoms with Gasteiger partial charge in [0, 0.05) is 23.8 Å². The highest BCUT2D eigenvalue weighted by molar-refractivity contribution is 5.43. The molecule has 2 aromatic rings. The Balaban J connectivity index is 2.23. The first kappa shape index (κ1) is 15.4. The second-order valence-electron chi connectivity index (χ2n) is 5.37. The third kappa shape index (κ3) is 3.36. The fourth-order valence-electron chi connectivity index (χ4n) is 2.35. The molecule has 5 heteroatoms. The van der Waals surface area contributed by atoms with Gasteiger partial charge in [-0.2, -0.15) is 5.10 Å². The van der Waals surface area contributed by atoms with Crippen LogP contribution in [0.2, 0.25) is 0 Å². The van der Waals surface area contributed by atoms with Crippen LogP contribution >= 0.6 is 0 Å². The molecule has 1 aromatic heterocycles. The molecule has 0 saturated carbocycles. The van der Waals surface area contributed by atoms with Gasteiger partial charge in [0.25, 0.3) is 0 Å². The van der Waals surface area contributed by atoms with Crippen molar-refractivity contribution in [3.05, 3.63) is 41.7 Å². The lowest BCUT2D eigenvalue weighted by atomic mass is 9.88. The van der Waals surface area contributed by atoms with Gasteiger partial charge in [0.1, 0.15) is 0 Å². The summed E-state index contributed by atoms with van der Waals surface area (Å²) in [5.41, 5.74) is 8.12. The van der Waals surface area contributed by atoms with Gasteiger partial charge in [-0.25, -0.2) is 0 Å². The molecule has 21 heavy (non-hydrogen) atoms. The fraction of sp³-hybridized carbons (Fsp3) is 0.438. The van der Waals surface area contributed by atoms with E-state index in [2.05, 4.69) is 12.0 Å². The van der Waals surface area contributed by atoms with E-state index >= 15 is 0 Å². The number of methoxy groups -OCH3 is 2. The van der Waals surface area contributed by atoms with Crippen LogP contribution in [0, 0.1) is 0 Å². The number of hydrogen-bond acceptors (Lipinski definition) is 4. The van der Waals surface area contributed by atoms with E-state index in [0.717, 1.165) is 29.2 Å². The highest BCUT2D eigenvalue weighted by Crippen LogP contribution is 2.30. The van der Waals surface area contributed by atoms with Crippen molar-refractivity contribution in [1.29, 1.82) is 0 Å².